The van der Waals surface area contributed by atoms with Crippen LogP contribution in [0.4, 0.5) is 0 Å². The van der Waals surface area contributed by atoms with Crippen molar-refractivity contribution < 1.29 is 19.8 Å². The minimum absolute atomic E-state index is 0. The van der Waals surface area contributed by atoms with Crippen molar-refractivity contribution in [2.24, 2.45) is 11.8 Å². The summed E-state index contributed by atoms with van der Waals surface area (Å²) in [6, 6.07) is 0. The van der Waals surface area contributed by atoms with E-state index in [9.17, 15) is 19.8 Å². The van der Waals surface area contributed by atoms with Gasteiger partial charge in [0.2, 0.25) is 0 Å². The van der Waals surface area contributed by atoms with Gasteiger partial charge in [0.05, 0.1) is 0 Å². The van der Waals surface area contributed by atoms with E-state index < -0.39 is 23.8 Å². The molecule has 0 saturated heterocycles. The van der Waals surface area contributed by atoms with E-state index in [2.05, 4.69) is 0 Å². The first-order valence-electron chi connectivity index (χ1n) is 4.04. The molecule has 5 heteroatoms. The van der Waals surface area contributed by atoms with Crippen LogP contribution in [0, 0.1) is 11.8 Å². The zero-order chi connectivity index (χ0) is 9.14. The number of carbonyl (C=O) groups excluding carboxylic acids is 2. The van der Waals surface area contributed by atoms with E-state index in [0.717, 1.165) is 12.8 Å². The summed E-state index contributed by atoms with van der Waals surface area (Å²) in [5.41, 5.74) is 0. The predicted molar refractivity (Wildman–Crippen MR) is 41.2 cm³/mol. The van der Waals surface area contributed by atoms with Gasteiger partial charge in [-0.25, -0.2) is 0 Å². The maximum Gasteiger partial charge on any atom is 2.00 e. The van der Waals surface area contributed by atoms with Crippen molar-refractivity contribution in [1.29, 1.82) is 0 Å². The van der Waals surface area contributed by atoms with Crippen molar-refractivity contribution in [1.82, 2.24) is 0 Å². The second-order valence-electron chi connectivity index (χ2n) is 3.14. The third kappa shape index (κ3) is 3.02. The smallest absolute Gasteiger partial charge is 0.550 e. The molecule has 0 aromatic rings. The number of carboxylic acids is 2. The van der Waals surface area contributed by atoms with Crippen LogP contribution in [0.25, 0.3) is 0 Å². The fraction of sp³-hybridized carbons (Fsp3) is 0.750. The van der Waals surface area contributed by atoms with Crippen molar-refractivity contribution >= 4 is 29.3 Å². The summed E-state index contributed by atoms with van der Waals surface area (Å²) in [4.78, 5) is 20.9. The Morgan fingerprint density at radius 3 is 1.46 bits per heavy atom. The third-order valence-corrected chi connectivity index (χ3v) is 2.37. The molecule has 69 valence electrons. The van der Waals surface area contributed by atoms with Crippen LogP contribution < -0.4 is 10.2 Å². The average molecular weight is 197 g/mol. The first kappa shape index (κ1) is 12.5. The molecule has 1 rings (SSSR count). The van der Waals surface area contributed by atoms with Crippen LogP contribution in [0.3, 0.4) is 0 Å². The topological polar surface area (TPSA) is 80.3 Å². The Labute approximate surface area is 87.1 Å². The van der Waals surface area contributed by atoms with Crippen LogP contribution in [-0.2, 0) is 9.59 Å². The van der Waals surface area contributed by atoms with Gasteiger partial charge in [0, 0.05) is 23.8 Å². The zero-order valence-electron chi connectivity index (χ0n) is 7.19. The average Bonchev–Trinajstić information content (AvgIpc) is 2.04. The third-order valence-electron chi connectivity index (χ3n) is 2.37. The summed E-state index contributed by atoms with van der Waals surface area (Å²) in [6.07, 6.45) is 2.34. The van der Waals surface area contributed by atoms with Gasteiger partial charge in [0.25, 0.3) is 0 Å². The van der Waals surface area contributed by atoms with Gasteiger partial charge in [-0.3, -0.25) is 0 Å². The number of carboxylic acid groups (broad SMARTS) is 2. The fourth-order valence-electron chi connectivity index (χ4n) is 1.70. The molecule has 0 amide bonds. The standard InChI is InChI=1S/C8H12O4.Al/c9-7(10)5-3-1-2-4-6(5)8(11)12;/h5-6H,1-4H2,(H,9,10)(H,11,12);/q;+2/p-2. The minimum atomic E-state index is -1.26. The summed E-state index contributed by atoms with van der Waals surface area (Å²) >= 11 is 0. The Bertz CT molecular complexity index is 182. The number of aliphatic carboxylic acids is 2. The summed E-state index contributed by atoms with van der Waals surface area (Å²) in [5, 5.41) is 20.9. The molecule has 0 aromatic heterocycles. The molecular formula is C8H10AlO4. The molecule has 0 spiro atoms. The molecule has 1 fully saturated rings. The summed E-state index contributed by atoms with van der Waals surface area (Å²) in [7, 11) is 0. The van der Waals surface area contributed by atoms with Crippen LogP contribution in [0.15, 0.2) is 0 Å². The summed E-state index contributed by atoms with van der Waals surface area (Å²) < 4.78 is 0. The van der Waals surface area contributed by atoms with E-state index in [1.807, 2.05) is 0 Å². The Morgan fingerprint density at radius 2 is 1.23 bits per heavy atom. The molecule has 0 bridgehead atoms. The fourth-order valence-corrected chi connectivity index (χ4v) is 1.70. The van der Waals surface area contributed by atoms with Crippen molar-refractivity contribution in [2.45, 2.75) is 25.7 Å². The van der Waals surface area contributed by atoms with E-state index in [4.69, 9.17) is 0 Å². The molecule has 1 saturated carbocycles. The van der Waals surface area contributed by atoms with E-state index >= 15 is 0 Å². The second kappa shape index (κ2) is 5.26. The van der Waals surface area contributed by atoms with E-state index in [-0.39, 0.29) is 17.4 Å². The number of carbonyl (C=O) groups is 2. The van der Waals surface area contributed by atoms with Crippen molar-refractivity contribution in [2.75, 3.05) is 0 Å². The molecule has 1 aliphatic carbocycles. The largest absolute Gasteiger partial charge is 2.00 e. The van der Waals surface area contributed by atoms with Crippen LogP contribution in [-0.4, -0.2) is 29.3 Å². The van der Waals surface area contributed by atoms with Crippen LogP contribution in [0.1, 0.15) is 25.7 Å². The molecule has 1 radical (unpaired) electrons. The Hall–Kier alpha value is -0.528. The van der Waals surface area contributed by atoms with E-state index in [1.54, 1.807) is 0 Å². The molecule has 4 nitrogen and oxygen atoms in total. The zero-order valence-corrected chi connectivity index (χ0v) is 8.35. The number of hydrogen-bond acceptors (Lipinski definition) is 4. The maximum absolute atomic E-state index is 10.5. The molecular weight excluding hydrogens is 187 g/mol. The summed E-state index contributed by atoms with van der Waals surface area (Å²) in [5.74, 6) is -4.21. The van der Waals surface area contributed by atoms with Gasteiger partial charge >= 0.3 is 17.4 Å². The quantitative estimate of drug-likeness (QED) is 0.475. The molecule has 0 N–H and O–H groups in total. The summed E-state index contributed by atoms with van der Waals surface area (Å²) in [6.45, 7) is 0. The minimum Gasteiger partial charge on any atom is -0.550 e. The molecule has 13 heavy (non-hydrogen) atoms. The van der Waals surface area contributed by atoms with E-state index in [1.165, 1.54) is 0 Å². The van der Waals surface area contributed by atoms with Crippen LogP contribution >= 0.6 is 0 Å². The number of hydrogen-bond donors (Lipinski definition) is 0. The van der Waals surface area contributed by atoms with Crippen molar-refractivity contribution in [3.05, 3.63) is 0 Å². The Morgan fingerprint density at radius 1 is 0.923 bits per heavy atom. The number of rotatable bonds is 2. The molecule has 0 aliphatic heterocycles. The molecule has 1 aliphatic rings. The van der Waals surface area contributed by atoms with Gasteiger partial charge in [-0.05, 0) is 12.8 Å². The van der Waals surface area contributed by atoms with Crippen molar-refractivity contribution in [3.63, 3.8) is 0 Å². The molecule has 2 unspecified atom stereocenters. The second-order valence-corrected chi connectivity index (χ2v) is 3.14. The van der Waals surface area contributed by atoms with Crippen molar-refractivity contribution in [3.8, 4) is 0 Å². The Kier molecular flexibility index (Phi) is 5.04. The van der Waals surface area contributed by atoms with Gasteiger partial charge in [-0.2, -0.15) is 0 Å². The Balaban J connectivity index is 0.00000144. The van der Waals surface area contributed by atoms with Gasteiger partial charge < -0.3 is 19.8 Å². The SMILES string of the molecule is O=C([O-])C1CCCCC1C(=O)[O-].[Al+2]. The van der Waals surface area contributed by atoms with Gasteiger partial charge in [-0.1, -0.05) is 12.8 Å². The molecule has 0 aromatic carbocycles. The molecule has 2 atom stereocenters. The van der Waals surface area contributed by atoms with Crippen LogP contribution in [0.2, 0.25) is 0 Å². The monoisotopic (exact) mass is 197 g/mol. The van der Waals surface area contributed by atoms with E-state index in [0.29, 0.717) is 12.8 Å². The first-order valence-corrected chi connectivity index (χ1v) is 4.04. The molecule has 0 heterocycles. The maximum atomic E-state index is 10.5. The van der Waals surface area contributed by atoms with Gasteiger partial charge in [0.15, 0.2) is 0 Å². The first-order chi connectivity index (χ1) is 5.63. The predicted octanol–water partition coefficient (Wildman–Crippen LogP) is -2.09. The van der Waals surface area contributed by atoms with Crippen LogP contribution in [0.5, 0.6) is 0 Å². The normalized spacial score (nSPS) is 27.4. The van der Waals surface area contributed by atoms with Gasteiger partial charge in [0.1, 0.15) is 0 Å². The van der Waals surface area contributed by atoms with Gasteiger partial charge in [-0.15, -0.1) is 0 Å².